The number of thioether (sulfide) groups is 2. The summed E-state index contributed by atoms with van der Waals surface area (Å²) in [5.41, 5.74) is 0. The first kappa shape index (κ1) is 16.1. The zero-order valence-corrected chi connectivity index (χ0v) is 16.7. The van der Waals surface area contributed by atoms with Gasteiger partial charge < -0.3 is 0 Å². The number of hydrogen-bond acceptors (Lipinski definition) is 2. The summed E-state index contributed by atoms with van der Waals surface area (Å²) >= 11 is 4.45. The second kappa shape index (κ2) is 6.34. The summed E-state index contributed by atoms with van der Waals surface area (Å²) in [7, 11) is 0. The van der Waals surface area contributed by atoms with Gasteiger partial charge in [0.2, 0.25) is 0 Å². The molecule has 0 aromatic heterocycles. The highest BCUT2D eigenvalue weighted by Gasteiger charge is 2.67. The third kappa shape index (κ3) is 2.37. The van der Waals surface area contributed by atoms with E-state index in [4.69, 9.17) is 0 Å². The average Bonchev–Trinajstić information content (AvgIpc) is 3.40. The maximum absolute atomic E-state index is 2.33. The van der Waals surface area contributed by atoms with Crippen LogP contribution in [-0.4, -0.2) is 10.5 Å². The summed E-state index contributed by atoms with van der Waals surface area (Å²) in [4.78, 5) is 3.00. The molecule has 0 saturated heterocycles. The third-order valence-electron chi connectivity index (χ3n) is 7.81. The van der Waals surface area contributed by atoms with Crippen molar-refractivity contribution in [3.05, 3.63) is 60.7 Å². The van der Waals surface area contributed by atoms with Crippen LogP contribution in [-0.2, 0) is 0 Å². The smallest absolute Gasteiger partial charge is 0.0157 e. The highest BCUT2D eigenvalue weighted by Crippen LogP contribution is 2.72. The Bertz CT molecular complexity index is 682. The van der Waals surface area contributed by atoms with Crippen LogP contribution in [0.2, 0.25) is 0 Å². The molecule has 6 rings (SSSR count). The molecule has 4 unspecified atom stereocenters. The van der Waals surface area contributed by atoms with Crippen molar-refractivity contribution < 1.29 is 0 Å². The molecule has 4 fully saturated rings. The van der Waals surface area contributed by atoms with Crippen LogP contribution in [0.5, 0.6) is 0 Å². The van der Waals surface area contributed by atoms with Gasteiger partial charge in [0.25, 0.3) is 0 Å². The lowest BCUT2D eigenvalue weighted by Gasteiger charge is -2.24. The molecule has 0 nitrogen and oxygen atoms in total. The molecule has 0 radical (unpaired) electrons. The first-order valence-corrected chi connectivity index (χ1v) is 12.1. The fourth-order valence-electron chi connectivity index (χ4n) is 7.15. The van der Waals surface area contributed by atoms with Crippen LogP contribution < -0.4 is 0 Å². The van der Waals surface area contributed by atoms with Crippen molar-refractivity contribution in [3.8, 4) is 0 Å². The van der Waals surface area contributed by atoms with Crippen LogP contribution >= 0.6 is 23.5 Å². The number of hydrogen-bond donors (Lipinski definition) is 0. The fraction of sp³-hybridized carbons (Fsp3) is 0.500. The van der Waals surface area contributed by atoms with Crippen LogP contribution in [0.3, 0.4) is 0 Å². The second-order valence-electron chi connectivity index (χ2n) is 8.76. The van der Waals surface area contributed by atoms with Crippen molar-refractivity contribution in [2.45, 2.75) is 46.0 Å². The lowest BCUT2D eigenvalue weighted by molar-refractivity contribution is 0.322. The molecule has 0 spiro atoms. The standard InChI is InChI=1S/C24H26S2/c1-3-7-15(8-4-1)25-23-17-11-13-19-21(17)22-18(23)12-14-20(22)24(19)26-16-9-5-2-6-10-16/h1-10,17-24H,11-14H2/t17-,18+,19+,20-,21?,22?,23?,24?. The van der Waals surface area contributed by atoms with E-state index in [1.54, 1.807) is 0 Å². The summed E-state index contributed by atoms with van der Waals surface area (Å²) in [6, 6.07) is 22.4. The molecule has 0 heterocycles. The molecule has 134 valence electrons. The Morgan fingerprint density at radius 3 is 1.19 bits per heavy atom. The SMILES string of the molecule is c1ccc(SC2[C@H]3CC[C@H]4C(Sc5ccccc5)[C@H]5CC[C@@H]2C5C34)cc1. The molecule has 0 aliphatic heterocycles. The lowest BCUT2D eigenvalue weighted by atomic mass is 9.90. The summed E-state index contributed by atoms with van der Waals surface area (Å²) in [5.74, 6) is 6.03. The maximum atomic E-state index is 2.33. The Kier molecular flexibility index (Phi) is 3.93. The van der Waals surface area contributed by atoms with Crippen molar-refractivity contribution in [3.63, 3.8) is 0 Å². The molecule has 26 heavy (non-hydrogen) atoms. The zero-order chi connectivity index (χ0) is 17.1. The van der Waals surface area contributed by atoms with Gasteiger partial charge in [-0.15, -0.1) is 23.5 Å². The third-order valence-corrected chi connectivity index (χ3v) is 10.8. The first-order valence-electron chi connectivity index (χ1n) is 10.3. The van der Waals surface area contributed by atoms with E-state index in [1.807, 2.05) is 0 Å². The molecule has 0 bridgehead atoms. The van der Waals surface area contributed by atoms with E-state index in [2.05, 4.69) is 84.2 Å². The van der Waals surface area contributed by atoms with E-state index >= 15 is 0 Å². The average molecular weight is 379 g/mol. The van der Waals surface area contributed by atoms with Gasteiger partial charge in [0.15, 0.2) is 0 Å². The van der Waals surface area contributed by atoms with Crippen LogP contribution in [0.15, 0.2) is 70.5 Å². The highest BCUT2D eigenvalue weighted by molar-refractivity contribution is 8.00. The second-order valence-corrected chi connectivity index (χ2v) is 11.3. The minimum atomic E-state index is 0.894. The van der Waals surface area contributed by atoms with E-state index in [-0.39, 0.29) is 0 Å². The van der Waals surface area contributed by atoms with Gasteiger partial charge in [-0.3, -0.25) is 0 Å². The van der Waals surface area contributed by atoms with Gasteiger partial charge in [-0.05, 0) is 85.5 Å². The molecule has 8 atom stereocenters. The molecule has 4 saturated carbocycles. The van der Waals surface area contributed by atoms with Crippen molar-refractivity contribution >= 4 is 23.5 Å². The minimum absolute atomic E-state index is 0.894. The van der Waals surface area contributed by atoms with Gasteiger partial charge in [-0.25, -0.2) is 0 Å². The van der Waals surface area contributed by atoms with Crippen molar-refractivity contribution in [2.24, 2.45) is 35.5 Å². The lowest BCUT2D eigenvalue weighted by Crippen LogP contribution is -2.20. The molecular weight excluding hydrogens is 352 g/mol. The summed E-state index contributed by atoms with van der Waals surface area (Å²) in [6.07, 6.45) is 5.97. The largest absolute Gasteiger partial charge is 0.122 e. The van der Waals surface area contributed by atoms with Gasteiger partial charge in [0.1, 0.15) is 0 Å². The predicted octanol–water partition coefficient (Wildman–Crippen LogP) is 6.62. The Morgan fingerprint density at radius 1 is 0.500 bits per heavy atom. The van der Waals surface area contributed by atoms with E-state index in [0.717, 1.165) is 46.0 Å². The monoisotopic (exact) mass is 378 g/mol. The highest BCUT2D eigenvalue weighted by atomic mass is 32.2. The van der Waals surface area contributed by atoms with Gasteiger partial charge >= 0.3 is 0 Å². The van der Waals surface area contributed by atoms with Crippen LogP contribution in [0.4, 0.5) is 0 Å². The quantitative estimate of drug-likeness (QED) is 0.586. The van der Waals surface area contributed by atoms with Crippen LogP contribution in [0, 0.1) is 35.5 Å². The zero-order valence-electron chi connectivity index (χ0n) is 15.0. The van der Waals surface area contributed by atoms with Gasteiger partial charge in [0.05, 0.1) is 0 Å². The van der Waals surface area contributed by atoms with Gasteiger partial charge in [-0.1, -0.05) is 36.4 Å². The molecule has 2 aromatic carbocycles. The van der Waals surface area contributed by atoms with Gasteiger partial charge in [0, 0.05) is 20.3 Å². The molecule has 0 N–H and O–H groups in total. The summed E-state index contributed by atoms with van der Waals surface area (Å²) < 4.78 is 0. The Balaban J connectivity index is 1.27. The number of benzene rings is 2. The Morgan fingerprint density at radius 2 is 0.846 bits per heavy atom. The molecule has 4 aliphatic rings. The Hall–Kier alpha value is -0.860. The predicted molar refractivity (Wildman–Crippen MR) is 112 cm³/mol. The molecule has 0 amide bonds. The topological polar surface area (TPSA) is 0 Å². The number of rotatable bonds is 4. The maximum Gasteiger partial charge on any atom is 0.0157 e. The van der Waals surface area contributed by atoms with Crippen molar-refractivity contribution in [1.29, 1.82) is 0 Å². The van der Waals surface area contributed by atoms with Crippen molar-refractivity contribution in [2.75, 3.05) is 0 Å². The van der Waals surface area contributed by atoms with Crippen LogP contribution in [0.1, 0.15) is 25.7 Å². The van der Waals surface area contributed by atoms with E-state index < -0.39 is 0 Å². The van der Waals surface area contributed by atoms with E-state index in [0.29, 0.717) is 0 Å². The first-order chi connectivity index (χ1) is 12.9. The normalized spacial score (nSPS) is 42.3. The van der Waals surface area contributed by atoms with Gasteiger partial charge in [-0.2, -0.15) is 0 Å². The van der Waals surface area contributed by atoms with E-state index in [1.165, 1.54) is 35.5 Å². The van der Waals surface area contributed by atoms with Crippen molar-refractivity contribution in [1.82, 2.24) is 0 Å². The summed E-state index contributed by atoms with van der Waals surface area (Å²) in [6.45, 7) is 0. The minimum Gasteiger partial charge on any atom is -0.122 e. The summed E-state index contributed by atoms with van der Waals surface area (Å²) in [5, 5.41) is 1.79. The van der Waals surface area contributed by atoms with E-state index in [9.17, 15) is 0 Å². The van der Waals surface area contributed by atoms with Crippen LogP contribution in [0.25, 0.3) is 0 Å². The molecule has 2 heteroatoms. The molecule has 2 aromatic rings. The fourth-order valence-corrected chi connectivity index (χ4v) is 10.4. The molecule has 4 aliphatic carbocycles. The Labute approximate surface area is 165 Å². The molecular formula is C24H26S2.